The van der Waals surface area contributed by atoms with E-state index in [0.29, 0.717) is 17.3 Å². The Kier molecular flexibility index (Phi) is 6.55. The summed E-state index contributed by atoms with van der Waals surface area (Å²) in [5.41, 5.74) is 4.82. The van der Waals surface area contributed by atoms with Gasteiger partial charge in [0.15, 0.2) is 0 Å². The van der Waals surface area contributed by atoms with Crippen LogP contribution in [0.15, 0.2) is 83.5 Å². The van der Waals surface area contributed by atoms with Crippen LogP contribution in [0.4, 0.5) is 0 Å². The highest BCUT2D eigenvalue weighted by molar-refractivity contribution is 5.96. The van der Waals surface area contributed by atoms with Gasteiger partial charge in [0.2, 0.25) is 5.82 Å². The molecule has 8 nitrogen and oxygen atoms in total. The van der Waals surface area contributed by atoms with Crippen LogP contribution in [-0.2, 0) is 16.6 Å². The summed E-state index contributed by atoms with van der Waals surface area (Å²) in [6.45, 7) is 6.28. The molecule has 0 saturated heterocycles. The molecule has 3 N–H and O–H groups in total. The monoisotopic (exact) mass is 508 g/mol. The lowest BCUT2D eigenvalue weighted by Crippen LogP contribution is -2.42. The number of carboxylic acid groups (broad SMARTS) is 1. The van der Waals surface area contributed by atoms with Crippen LogP contribution in [0, 0.1) is 0 Å². The molecule has 2 heterocycles. The lowest BCUT2D eigenvalue weighted by Gasteiger charge is -2.19. The zero-order valence-electron chi connectivity index (χ0n) is 21.4. The summed E-state index contributed by atoms with van der Waals surface area (Å²) in [6.07, 6.45) is 2.01. The number of amides is 1. The van der Waals surface area contributed by atoms with Gasteiger partial charge in [-0.2, -0.15) is 4.98 Å². The molecule has 1 amide bonds. The number of fused-ring (bicyclic) bond motifs is 1. The van der Waals surface area contributed by atoms with Crippen molar-refractivity contribution < 1.29 is 19.2 Å². The van der Waals surface area contributed by atoms with Crippen LogP contribution in [0.25, 0.3) is 33.7 Å². The Morgan fingerprint density at radius 2 is 1.68 bits per heavy atom. The van der Waals surface area contributed by atoms with E-state index in [1.165, 1.54) is 0 Å². The maximum Gasteiger partial charge on any atom is 0.326 e. The molecule has 192 valence electrons. The Labute approximate surface area is 219 Å². The molecule has 2 aromatic heterocycles. The predicted molar refractivity (Wildman–Crippen MR) is 145 cm³/mol. The van der Waals surface area contributed by atoms with Crippen LogP contribution >= 0.6 is 0 Å². The van der Waals surface area contributed by atoms with Gasteiger partial charge in [-0.3, -0.25) is 4.79 Å². The van der Waals surface area contributed by atoms with E-state index in [2.05, 4.69) is 41.2 Å². The molecule has 0 radical (unpaired) electrons. The van der Waals surface area contributed by atoms with Crippen LogP contribution < -0.4 is 5.32 Å². The number of hydrogen-bond acceptors (Lipinski definition) is 5. The molecule has 8 heteroatoms. The molecule has 38 heavy (non-hydrogen) atoms. The van der Waals surface area contributed by atoms with Gasteiger partial charge in [-0.05, 0) is 52.9 Å². The second-order valence-electron chi connectivity index (χ2n) is 10.3. The fourth-order valence-corrected chi connectivity index (χ4v) is 4.23. The molecule has 0 spiro atoms. The molecule has 0 saturated carbocycles. The van der Waals surface area contributed by atoms with Crippen LogP contribution in [-0.4, -0.2) is 38.1 Å². The summed E-state index contributed by atoms with van der Waals surface area (Å²) < 4.78 is 5.47. The van der Waals surface area contributed by atoms with Gasteiger partial charge in [-0.15, -0.1) is 0 Å². The molecule has 0 aliphatic carbocycles. The van der Waals surface area contributed by atoms with E-state index < -0.39 is 17.9 Å². The SMILES string of the molecule is CC(C)(C)c1ccc(C(=O)N[C@@H](Cc2ccc(-c3noc(-c4ccc5[nH]ccc5c4)n3)cc2)C(=O)O)cc1. The molecule has 3 aromatic carbocycles. The van der Waals surface area contributed by atoms with Gasteiger partial charge in [0.05, 0.1) is 0 Å². The third kappa shape index (κ3) is 5.34. The number of hydrogen-bond donors (Lipinski definition) is 3. The molecule has 0 aliphatic rings. The van der Waals surface area contributed by atoms with Crippen molar-refractivity contribution >= 4 is 22.8 Å². The highest BCUT2D eigenvalue weighted by Crippen LogP contribution is 2.26. The second-order valence-corrected chi connectivity index (χ2v) is 10.3. The molecular formula is C30H28N4O4. The summed E-state index contributed by atoms with van der Waals surface area (Å²) in [7, 11) is 0. The standard InChI is InChI=1S/C30H28N4O4/c1-30(2,3)23-11-8-20(9-12-23)27(35)32-25(29(36)37)16-18-4-6-19(7-5-18)26-33-28(38-34-26)22-10-13-24-21(17-22)14-15-31-24/h4-15,17,25,31H,16H2,1-3H3,(H,32,35)(H,36,37)/t25-/m0/s1. The number of H-pyrrole nitrogens is 1. The van der Waals surface area contributed by atoms with Crippen LogP contribution in [0.3, 0.4) is 0 Å². The highest BCUT2D eigenvalue weighted by Gasteiger charge is 2.22. The summed E-state index contributed by atoms with van der Waals surface area (Å²) >= 11 is 0. The number of benzene rings is 3. The Morgan fingerprint density at radius 3 is 2.37 bits per heavy atom. The van der Waals surface area contributed by atoms with Gasteiger partial charge < -0.3 is 19.9 Å². The maximum absolute atomic E-state index is 12.7. The van der Waals surface area contributed by atoms with Gasteiger partial charge in [-0.25, -0.2) is 4.79 Å². The first-order valence-electron chi connectivity index (χ1n) is 12.3. The quantitative estimate of drug-likeness (QED) is 0.263. The normalized spacial score (nSPS) is 12.4. The van der Waals surface area contributed by atoms with E-state index in [1.54, 1.807) is 24.3 Å². The predicted octanol–water partition coefficient (Wildman–Crippen LogP) is 5.61. The molecule has 0 unspecified atom stereocenters. The van der Waals surface area contributed by atoms with Crippen molar-refractivity contribution in [3.8, 4) is 22.8 Å². The van der Waals surface area contributed by atoms with Crippen LogP contribution in [0.2, 0.25) is 0 Å². The largest absolute Gasteiger partial charge is 0.480 e. The number of nitrogens with zero attached hydrogens (tertiary/aromatic N) is 2. The zero-order chi connectivity index (χ0) is 26.9. The van der Waals surface area contributed by atoms with Crippen LogP contribution in [0.5, 0.6) is 0 Å². The number of rotatable bonds is 7. The first-order chi connectivity index (χ1) is 18.2. The number of aromatic nitrogens is 3. The molecule has 0 aliphatic heterocycles. The van der Waals surface area contributed by atoms with Gasteiger partial charge in [0, 0.05) is 40.2 Å². The first kappa shape index (κ1) is 25.0. The van der Waals surface area contributed by atoms with E-state index in [0.717, 1.165) is 33.2 Å². The average molecular weight is 509 g/mol. The molecule has 0 fully saturated rings. The van der Waals surface area contributed by atoms with Crippen molar-refractivity contribution in [3.05, 3.63) is 95.7 Å². The third-order valence-electron chi connectivity index (χ3n) is 6.49. The van der Waals surface area contributed by atoms with Gasteiger partial charge >= 0.3 is 5.97 Å². The molecule has 1 atom stereocenters. The Balaban J connectivity index is 1.26. The maximum atomic E-state index is 12.7. The number of aliphatic carboxylic acids is 1. The third-order valence-corrected chi connectivity index (χ3v) is 6.49. The van der Waals surface area contributed by atoms with Crippen LogP contribution in [0.1, 0.15) is 42.3 Å². The number of carbonyl (C=O) groups excluding carboxylic acids is 1. The molecule has 0 bridgehead atoms. The minimum absolute atomic E-state index is 0.0370. The summed E-state index contributed by atoms with van der Waals surface area (Å²) in [5.74, 6) is -0.679. The highest BCUT2D eigenvalue weighted by atomic mass is 16.5. The minimum atomic E-state index is -1.10. The van der Waals surface area contributed by atoms with Crippen molar-refractivity contribution in [1.29, 1.82) is 0 Å². The van der Waals surface area contributed by atoms with E-state index in [1.807, 2.05) is 54.7 Å². The summed E-state index contributed by atoms with van der Waals surface area (Å²) in [4.78, 5) is 32.3. The lowest BCUT2D eigenvalue weighted by atomic mass is 9.86. The van der Waals surface area contributed by atoms with Gasteiger partial charge in [0.25, 0.3) is 11.8 Å². The smallest absolute Gasteiger partial charge is 0.326 e. The number of nitrogens with one attached hydrogen (secondary N) is 2. The molecule has 5 rings (SSSR count). The van der Waals surface area contributed by atoms with Gasteiger partial charge in [0.1, 0.15) is 6.04 Å². The van der Waals surface area contributed by atoms with E-state index >= 15 is 0 Å². The molecular weight excluding hydrogens is 480 g/mol. The lowest BCUT2D eigenvalue weighted by molar-refractivity contribution is -0.139. The topological polar surface area (TPSA) is 121 Å². The minimum Gasteiger partial charge on any atom is -0.480 e. The fraction of sp³-hybridized carbons (Fsp3) is 0.200. The number of carboxylic acids is 1. The number of aromatic amines is 1. The Hall–Kier alpha value is -4.72. The molecule has 5 aromatic rings. The van der Waals surface area contributed by atoms with Gasteiger partial charge in [-0.1, -0.05) is 62.3 Å². The summed E-state index contributed by atoms with van der Waals surface area (Å²) in [6, 6.07) is 21.2. The van der Waals surface area contributed by atoms with Crippen molar-refractivity contribution in [2.24, 2.45) is 0 Å². The van der Waals surface area contributed by atoms with E-state index in [9.17, 15) is 14.7 Å². The van der Waals surface area contributed by atoms with Crippen molar-refractivity contribution in [3.63, 3.8) is 0 Å². The van der Waals surface area contributed by atoms with Crippen molar-refractivity contribution in [2.45, 2.75) is 38.6 Å². The zero-order valence-corrected chi connectivity index (χ0v) is 21.4. The fourth-order valence-electron chi connectivity index (χ4n) is 4.23. The van der Waals surface area contributed by atoms with E-state index in [-0.39, 0.29) is 11.8 Å². The Bertz CT molecular complexity index is 1590. The van der Waals surface area contributed by atoms with E-state index in [4.69, 9.17) is 4.52 Å². The van der Waals surface area contributed by atoms with Crippen molar-refractivity contribution in [2.75, 3.05) is 0 Å². The average Bonchev–Trinajstić information content (AvgIpc) is 3.58. The number of carbonyl (C=O) groups is 2. The Morgan fingerprint density at radius 1 is 0.974 bits per heavy atom. The first-order valence-corrected chi connectivity index (χ1v) is 12.3. The second kappa shape index (κ2) is 9.97. The van der Waals surface area contributed by atoms with Crippen molar-refractivity contribution in [1.82, 2.24) is 20.4 Å². The summed E-state index contributed by atoms with van der Waals surface area (Å²) in [5, 5.41) is 17.5.